The van der Waals surface area contributed by atoms with E-state index < -0.39 is 17.7 Å². The Balaban J connectivity index is 1.25. The number of benzene rings is 2. The summed E-state index contributed by atoms with van der Waals surface area (Å²) in [5.41, 5.74) is 3.80. The zero-order valence-corrected chi connectivity index (χ0v) is 19.9. The number of carboxylic acids is 1. The van der Waals surface area contributed by atoms with E-state index in [-0.39, 0.29) is 25.0 Å². The van der Waals surface area contributed by atoms with Gasteiger partial charge in [-0.15, -0.1) is 0 Å². The lowest BCUT2D eigenvalue weighted by Crippen LogP contribution is -2.31. The molecule has 0 bridgehead atoms. The summed E-state index contributed by atoms with van der Waals surface area (Å²) in [7, 11) is 0. The van der Waals surface area contributed by atoms with Gasteiger partial charge >= 0.3 is 12.1 Å². The number of fused-ring (bicyclic) bond motifs is 3. The maximum Gasteiger partial charge on any atom is 0.416 e. The van der Waals surface area contributed by atoms with Crippen LogP contribution in [0.25, 0.3) is 0 Å². The summed E-state index contributed by atoms with van der Waals surface area (Å²) >= 11 is 0. The molecule has 3 heterocycles. The largest absolute Gasteiger partial charge is 0.492 e. The number of hydrogen-bond donors (Lipinski definition) is 1. The number of nitrogens with zero attached hydrogens (tertiary/aromatic N) is 2. The number of alkyl halides is 3. The summed E-state index contributed by atoms with van der Waals surface area (Å²) in [6.07, 6.45) is -1.57. The van der Waals surface area contributed by atoms with Crippen LogP contribution in [0.5, 0.6) is 11.5 Å². The first-order valence-corrected chi connectivity index (χ1v) is 12.3. The monoisotopic (exact) mass is 514 g/mol. The van der Waals surface area contributed by atoms with E-state index in [1.165, 1.54) is 6.07 Å². The molecule has 0 saturated carbocycles. The van der Waals surface area contributed by atoms with Crippen LogP contribution in [0.1, 0.15) is 63.9 Å². The summed E-state index contributed by atoms with van der Waals surface area (Å²) in [6.45, 7) is 1.59. The third-order valence-electron chi connectivity index (χ3n) is 7.51. The van der Waals surface area contributed by atoms with Crippen molar-refractivity contribution in [3.05, 3.63) is 75.7 Å². The second-order valence-corrected chi connectivity index (χ2v) is 9.85. The highest BCUT2D eigenvalue weighted by Crippen LogP contribution is 2.44. The number of rotatable bonds is 6. The molecule has 2 aromatic carbocycles. The maximum atomic E-state index is 14.0. The molecule has 1 N–H and O–H groups in total. The minimum absolute atomic E-state index is 0.0110. The van der Waals surface area contributed by atoms with Gasteiger partial charge in [0.1, 0.15) is 23.9 Å². The van der Waals surface area contributed by atoms with Crippen LogP contribution < -0.4 is 9.47 Å². The van der Waals surface area contributed by atoms with Crippen molar-refractivity contribution in [1.82, 2.24) is 10.1 Å². The zero-order valence-electron chi connectivity index (χ0n) is 19.9. The SMILES string of the molecule is O=C(O)C[C@@H]1COc2cc(O[C@@H]3CCc4c3ccc(C(F)(F)F)c4CN3CCc4nocc4C3)ccc21. The van der Waals surface area contributed by atoms with E-state index in [2.05, 4.69) is 5.16 Å². The lowest BCUT2D eigenvalue weighted by molar-refractivity contribution is -0.139. The van der Waals surface area contributed by atoms with Gasteiger partial charge in [-0.1, -0.05) is 17.3 Å². The molecule has 1 aromatic heterocycles. The molecule has 6 rings (SSSR count). The Morgan fingerprint density at radius 2 is 2.03 bits per heavy atom. The lowest BCUT2D eigenvalue weighted by atomic mass is 9.95. The van der Waals surface area contributed by atoms with Crippen LogP contribution in [0.3, 0.4) is 0 Å². The number of halogens is 3. The van der Waals surface area contributed by atoms with Crippen molar-refractivity contribution in [1.29, 1.82) is 0 Å². The molecule has 0 radical (unpaired) electrons. The molecular weight excluding hydrogens is 489 g/mol. The van der Waals surface area contributed by atoms with Crippen molar-refractivity contribution in [2.24, 2.45) is 0 Å². The molecule has 3 aliphatic rings. The lowest BCUT2D eigenvalue weighted by Gasteiger charge is -2.28. The van der Waals surface area contributed by atoms with Gasteiger partial charge in [0.25, 0.3) is 0 Å². The van der Waals surface area contributed by atoms with Gasteiger partial charge in [-0.2, -0.15) is 13.2 Å². The molecule has 0 saturated heterocycles. The van der Waals surface area contributed by atoms with Crippen LogP contribution in [-0.4, -0.2) is 34.3 Å². The highest BCUT2D eigenvalue weighted by molar-refractivity contribution is 5.68. The highest BCUT2D eigenvalue weighted by Gasteiger charge is 2.38. The number of aliphatic carboxylic acids is 1. The third kappa shape index (κ3) is 4.54. The summed E-state index contributed by atoms with van der Waals surface area (Å²) < 4.78 is 59.0. The predicted octanol–water partition coefficient (Wildman–Crippen LogP) is 5.27. The molecular formula is C27H25F3N2O5. The van der Waals surface area contributed by atoms with Crippen molar-refractivity contribution in [3.63, 3.8) is 0 Å². The maximum absolute atomic E-state index is 14.0. The topological polar surface area (TPSA) is 85.0 Å². The molecule has 37 heavy (non-hydrogen) atoms. The molecule has 7 nitrogen and oxygen atoms in total. The fourth-order valence-corrected chi connectivity index (χ4v) is 5.74. The van der Waals surface area contributed by atoms with Crippen molar-refractivity contribution in [2.75, 3.05) is 13.2 Å². The molecule has 2 aliphatic heterocycles. The van der Waals surface area contributed by atoms with Gasteiger partial charge in [0.15, 0.2) is 0 Å². The van der Waals surface area contributed by atoms with E-state index in [4.69, 9.17) is 19.1 Å². The van der Waals surface area contributed by atoms with Crippen LogP contribution in [0, 0.1) is 0 Å². The van der Waals surface area contributed by atoms with Crippen LogP contribution >= 0.6 is 0 Å². The van der Waals surface area contributed by atoms with Crippen molar-refractivity contribution in [2.45, 2.75) is 57.0 Å². The van der Waals surface area contributed by atoms with E-state index in [0.717, 1.165) is 22.4 Å². The second kappa shape index (κ2) is 9.09. The smallest absolute Gasteiger partial charge is 0.416 e. The van der Waals surface area contributed by atoms with Crippen molar-refractivity contribution in [3.8, 4) is 11.5 Å². The average molecular weight is 515 g/mol. The molecule has 10 heteroatoms. The third-order valence-corrected chi connectivity index (χ3v) is 7.51. The van der Waals surface area contributed by atoms with E-state index in [1.807, 2.05) is 11.0 Å². The molecule has 1 aliphatic carbocycles. The Hall–Kier alpha value is -3.53. The van der Waals surface area contributed by atoms with Gasteiger partial charge in [-0.3, -0.25) is 9.69 Å². The Morgan fingerprint density at radius 3 is 2.84 bits per heavy atom. The number of hydrogen-bond acceptors (Lipinski definition) is 6. The van der Waals surface area contributed by atoms with E-state index in [0.29, 0.717) is 61.6 Å². The first kappa shape index (κ1) is 23.8. The van der Waals surface area contributed by atoms with Crippen molar-refractivity contribution < 1.29 is 37.1 Å². The number of carboxylic acid groups (broad SMARTS) is 1. The van der Waals surface area contributed by atoms with E-state index >= 15 is 0 Å². The quantitative estimate of drug-likeness (QED) is 0.480. The normalized spacial score (nSPS) is 20.7. The predicted molar refractivity (Wildman–Crippen MR) is 124 cm³/mol. The van der Waals surface area contributed by atoms with Gasteiger partial charge in [0.05, 0.1) is 24.3 Å². The Bertz CT molecular complexity index is 1350. The van der Waals surface area contributed by atoms with Gasteiger partial charge in [-0.05, 0) is 41.7 Å². The summed E-state index contributed by atoms with van der Waals surface area (Å²) in [5, 5.41) is 13.1. The zero-order chi connectivity index (χ0) is 25.7. The molecule has 3 aromatic rings. The summed E-state index contributed by atoms with van der Waals surface area (Å²) in [5.74, 6) is 0.0453. The first-order chi connectivity index (χ1) is 17.8. The fraction of sp³-hybridized carbons (Fsp3) is 0.407. The Morgan fingerprint density at radius 1 is 1.19 bits per heavy atom. The van der Waals surface area contributed by atoms with Crippen molar-refractivity contribution >= 4 is 5.97 Å². The van der Waals surface area contributed by atoms with Gasteiger partial charge in [0.2, 0.25) is 0 Å². The number of aromatic nitrogens is 1. The van der Waals surface area contributed by atoms with Crippen LogP contribution in [0.4, 0.5) is 13.2 Å². The fourth-order valence-electron chi connectivity index (χ4n) is 5.74. The molecule has 0 unspecified atom stereocenters. The van der Waals surface area contributed by atoms with E-state index in [1.54, 1.807) is 24.5 Å². The van der Waals surface area contributed by atoms with E-state index in [9.17, 15) is 18.0 Å². The summed E-state index contributed by atoms with van der Waals surface area (Å²) in [4.78, 5) is 13.1. The minimum Gasteiger partial charge on any atom is -0.492 e. The molecule has 0 spiro atoms. The van der Waals surface area contributed by atoms with Gasteiger partial charge < -0.3 is 19.1 Å². The number of ether oxygens (including phenoxy) is 2. The standard InChI is InChI=1S/C27H25F3N2O5/c28-27(29,30)22-5-3-20-19(21(22)12-32-8-7-23-16(11-32)14-36-31-23)4-6-24(20)37-17-1-2-18-15(9-26(33)34)13-35-25(18)10-17/h1-3,5,10,14-15,24H,4,6-9,11-13H2,(H,33,34)/t15-,24-/m1/s1. The van der Waals surface area contributed by atoms with Crippen LogP contribution in [0.15, 0.2) is 41.1 Å². The second-order valence-electron chi connectivity index (χ2n) is 9.85. The van der Waals surface area contributed by atoms with Gasteiger partial charge in [0, 0.05) is 49.2 Å². The number of carbonyl (C=O) groups is 1. The molecule has 2 atom stereocenters. The summed E-state index contributed by atoms with van der Waals surface area (Å²) in [6, 6.07) is 8.04. The minimum atomic E-state index is -4.45. The molecule has 0 fully saturated rings. The van der Waals surface area contributed by atoms with Gasteiger partial charge in [-0.25, -0.2) is 0 Å². The molecule has 194 valence electrons. The van der Waals surface area contributed by atoms with Crippen LogP contribution in [0.2, 0.25) is 0 Å². The highest BCUT2D eigenvalue weighted by atomic mass is 19.4. The average Bonchev–Trinajstić information content (AvgIpc) is 3.57. The molecule has 0 amide bonds. The Kier molecular flexibility index (Phi) is 5.86. The first-order valence-electron chi connectivity index (χ1n) is 12.3. The Labute approximate surface area is 210 Å². The van der Waals surface area contributed by atoms with Crippen LogP contribution in [-0.2, 0) is 36.9 Å².